The first-order chi connectivity index (χ1) is 5.22. The Kier molecular flexibility index (Phi) is 2.92. The van der Waals surface area contributed by atoms with Gasteiger partial charge in [0.2, 0.25) is 5.91 Å². The molecule has 0 saturated carbocycles. The van der Waals surface area contributed by atoms with E-state index >= 15 is 0 Å². The molecule has 64 valence electrons. The summed E-state index contributed by atoms with van der Waals surface area (Å²) in [5.41, 5.74) is 0. The molecule has 0 spiro atoms. The Morgan fingerprint density at radius 2 is 2.36 bits per heavy atom. The van der Waals surface area contributed by atoms with Crippen LogP contribution in [0.5, 0.6) is 0 Å². The molecule has 0 radical (unpaired) electrons. The van der Waals surface area contributed by atoms with E-state index in [0.29, 0.717) is 12.0 Å². The van der Waals surface area contributed by atoms with Crippen molar-refractivity contribution in [3.8, 4) is 0 Å². The normalized spacial score (nSPS) is 31.6. The molecule has 1 fully saturated rings. The lowest BCUT2D eigenvalue weighted by molar-refractivity contribution is -0.124. The fourth-order valence-corrected chi connectivity index (χ4v) is 1.87. The number of carbonyl (C=O) groups is 1. The van der Waals surface area contributed by atoms with Crippen molar-refractivity contribution in [1.82, 2.24) is 5.32 Å². The zero-order valence-corrected chi connectivity index (χ0v) is 7.39. The number of carbonyl (C=O) groups excluding carboxylic acids is 1. The van der Waals surface area contributed by atoms with Gasteiger partial charge in [0, 0.05) is 12.5 Å². The van der Waals surface area contributed by atoms with E-state index in [1.54, 1.807) is 0 Å². The molecule has 1 amide bonds. The molecule has 2 nitrogen and oxygen atoms in total. The summed E-state index contributed by atoms with van der Waals surface area (Å²) in [6.45, 7) is 4.26. The van der Waals surface area contributed by atoms with Crippen LogP contribution in [0.4, 0.5) is 0 Å². The Morgan fingerprint density at radius 1 is 1.64 bits per heavy atom. The van der Waals surface area contributed by atoms with Crippen molar-refractivity contribution in [3.63, 3.8) is 0 Å². The molecule has 1 rings (SSSR count). The van der Waals surface area contributed by atoms with Gasteiger partial charge in [-0.25, -0.2) is 0 Å². The number of rotatable bonds is 2. The maximum Gasteiger partial charge on any atom is 0.220 e. The van der Waals surface area contributed by atoms with Gasteiger partial charge in [-0.15, -0.1) is 0 Å². The Bertz CT molecular complexity index is 144. The second-order valence-corrected chi connectivity index (χ2v) is 3.56. The summed E-state index contributed by atoms with van der Waals surface area (Å²) in [4.78, 5) is 11.0. The highest BCUT2D eigenvalue weighted by atomic mass is 16.1. The lowest BCUT2D eigenvalue weighted by Crippen LogP contribution is -2.40. The first kappa shape index (κ1) is 8.57. The SMILES string of the molecule is CCCC1CC(=O)NC(C)C1. The largest absolute Gasteiger partial charge is 0.354 e. The summed E-state index contributed by atoms with van der Waals surface area (Å²) in [5, 5.41) is 2.93. The van der Waals surface area contributed by atoms with Gasteiger partial charge >= 0.3 is 0 Å². The first-order valence-corrected chi connectivity index (χ1v) is 4.51. The van der Waals surface area contributed by atoms with E-state index in [4.69, 9.17) is 0 Å². The number of amides is 1. The minimum atomic E-state index is 0.238. The molecule has 0 aromatic rings. The van der Waals surface area contributed by atoms with Crippen LogP contribution in [-0.2, 0) is 4.79 Å². The Labute approximate surface area is 68.4 Å². The molecular formula is C9H17NO. The quantitative estimate of drug-likeness (QED) is 0.646. The van der Waals surface area contributed by atoms with E-state index in [0.717, 1.165) is 6.42 Å². The van der Waals surface area contributed by atoms with Crippen molar-refractivity contribution >= 4 is 5.91 Å². The van der Waals surface area contributed by atoms with Gasteiger partial charge in [-0.3, -0.25) is 4.79 Å². The maximum atomic E-state index is 11.0. The third-order valence-electron chi connectivity index (χ3n) is 2.27. The molecule has 2 heteroatoms. The van der Waals surface area contributed by atoms with Gasteiger partial charge in [-0.1, -0.05) is 19.8 Å². The fraction of sp³-hybridized carbons (Fsp3) is 0.889. The van der Waals surface area contributed by atoms with Crippen LogP contribution >= 0.6 is 0 Å². The van der Waals surface area contributed by atoms with E-state index in [1.807, 2.05) is 0 Å². The van der Waals surface area contributed by atoms with Crippen molar-refractivity contribution in [2.45, 2.75) is 45.6 Å². The number of hydrogen-bond donors (Lipinski definition) is 1. The molecule has 2 atom stereocenters. The Morgan fingerprint density at radius 3 is 2.91 bits per heavy atom. The van der Waals surface area contributed by atoms with Gasteiger partial charge in [0.15, 0.2) is 0 Å². The standard InChI is InChI=1S/C9H17NO/c1-3-4-8-5-7(2)10-9(11)6-8/h7-8H,3-6H2,1-2H3,(H,10,11). The van der Waals surface area contributed by atoms with Crippen LogP contribution in [0.2, 0.25) is 0 Å². The van der Waals surface area contributed by atoms with Crippen molar-refractivity contribution in [2.24, 2.45) is 5.92 Å². The predicted octanol–water partition coefficient (Wildman–Crippen LogP) is 1.70. The highest BCUT2D eigenvalue weighted by molar-refractivity contribution is 5.77. The summed E-state index contributed by atoms with van der Waals surface area (Å²) < 4.78 is 0. The zero-order valence-electron chi connectivity index (χ0n) is 7.39. The van der Waals surface area contributed by atoms with Crippen molar-refractivity contribution < 1.29 is 4.79 Å². The molecule has 0 bridgehead atoms. The molecule has 0 aliphatic carbocycles. The predicted molar refractivity (Wildman–Crippen MR) is 45.2 cm³/mol. The average Bonchev–Trinajstić information content (AvgIpc) is 1.85. The third-order valence-corrected chi connectivity index (χ3v) is 2.27. The van der Waals surface area contributed by atoms with E-state index in [2.05, 4.69) is 19.2 Å². The van der Waals surface area contributed by atoms with Crippen molar-refractivity contribution in [3.05, 3.63) is 0 Å². The van der Waals surface area contributed by atoms with Crippen LogP contribution in [0.15, 0.2) is 0 Å². The van der Waals surface area contributed by atoms with E-state index in [-0.39, 0.29) is 5.91 Å². The van der Waals surface area contributed by atoms with Gasteiger partial charge in [-0.05, 0) is 19.3 Å². The molecule has 1 aliphatic heterocycles. The van der Waals surface area contributed by atoms with E-state index in [1.165, 1.54) is 19.3 Å². The van der Waals surface area contributed by atoms with Crippen LogP contribution < -0.4 is 5.32 Å². The smallest absolute Gasteiger partial charge is 0.220 e. The molecule has 1 saturated heterocycles. The first-order valence-electron chi connectivity index (χ1n) is 4.51. The second kappa shape index (κ2) is 3.74. The summed E-state index contributed by atoms with van der Waals surface area (Å²) >= 11 is 0. The average molecular weight is 155 g/mol. The van der Waals surface area contributed by atoms with Gasteiger partial charge < -0.3 is 5.32 Å². The molecule has 0 aromatic heterocycles. The highest BCUT2D eigenvalue weighted by Gasteiger charge is 2.22. The molecule has 2 unspecified atom stereocenters. The number of piperidine rings is 1. The Balaban J connectivity index is 2.36. The molecule has 11 heavy (non-hydrogen) atoms. The molecular weight excluding hydrogens is 138 g/mol. The van der Waals surface area contributed by atoms with Crippen LogP contribution in [0.3, 0.4) is 0 Å². The number of nitrogens with one attached hydrogen (secondary N) is 1. The minimum absolute atomic E-state index is 0.238. The monoisotopic (exact) mass is 155 g/mol. The molecule has 1 aliphatic rings. The third kappa shape index (κ3) is 2.52. The lowest BCUT2D eigenvalue weighted by atomic mass is 9.89. The van der Waals surface area contributed by atoms with Gasteiger partial charge in [0.25, 0.3) is 0 Å². The fourth-order valence-electron chi connectivity index (χ4n) is 1.87. The summed E-state index contributed by atoms with van der Waals surface area (Å²) in [6.07, 6.45) is 4.32. The van der Waals surface area contributed by atoms with Gasteiger partial charge in [-0.2, -0.15) is 0 Å². The van der Waals surface area contributed by atoms with Crippen LogP contribution in [-0.4, -0.2) is 11.9 Å². The van der Waals surface area contributed by atoms with Crippen LogP contribution in [0.1, 0.15) is 39.5 Å². The molecule has 1 N–H and O–H groups in total. The topological polar surface area (TPSA) is 29.1 Å². The van der Waals surface area contributed by atoms with Crippen LogP contribution in [0, 0.1) is 5.92 Å². The minimum Gasteiger partial charge on any atom is -0.354 e. The Hall–Kier alpha value is -0.530. The van der Waals surface area contributed by atoms with Crippen LogP contribution in [0.25, 0.3) is 0 Å². The second-order valence-electron chi connectivity index (χ2n) is 3.56. The lowest BCUT2D eigenvalue weighted by Gasteiger charge is -2.26. The maximum absolute atomic E-state index is 11.0. The highest BCUT2D eigenvalue weighted by Crippen LogP contribution is 2.21. The van der Waals surface area contributed by atoms with Gasteiger partial charge in [0.05, 0.1) is 0 Å². The van der Waals surface area contributed by atoms with Gasteiger partial charge in [0.1, 0.15) is 0 Å². The van der Waals surface area contributed by atoms with E-state index in [9.17, 15) is 4.79 Å². The number of hydrogen-bond acceptors (Lipinski definition) is 1. The zero-order chi connectivity index (χ0) is 8.27. The molecule has 1 heterocycles. The molecule has 0 aromatic carbocycles. The van der Waals surface area contributed by atoms with E-state index < -0.39 is 0 Å². The summed E-state index contributed by atoms with van der Waals surface area (Å²) in [5.74, 6) is 0.881. The van der Waals surface area contributed by atoms with Crippen molar-refractivity contribution in [1.29, 1.82) is 0 Å². The summed E-state index contributed by atoms with van der Waals surface area (Å²) in [7, 11) is 0. The van der Waals surface area contributed by atoms with Crippen molar-refractivity contribution in [2.75, 3.05) is 0 Å². The summed E-state index contributed by atoms with van der Waals surface area (Å²) in [6, 6.07) is 0.396.